The van der Waals surface area contributed by atoms with Gasteiger partial charge in [-0.05, 0) is 30.7 Å². The van der Waals surface area contributed by atoms with E-state index in [0.29, 0.717) is 10.6 Å². The van der Waals surface area contributed by atoms with Gasteiger partial charge in [-0.1, -0.05) is 41.4 Å². The Balaban J connectivity index is 2.15. The Morgan fingerprint density at radius 1 is 1.25 bits per heavy atom. The molecule has 1 unspecified atom stereocenters. The Labute approximate surface area is 121 Å². The Morgan fingerprint density at radius 2 is 1.90 bits per heavy atom. The molecule has 3 nitrogen and oxygen atoms in total. The van der Waals surface area contributed by atoms with Gasteiger partial charge in [0, 0.05) is 5.02 Å². The van der Waals surface area contributed by atoms with Crippen molar-refractivity contribution in [3.05, 3.63) is 64.4 Å². The summed E-state index contributed by atoms with van der Waals surface area (Å²) in [4.78, 5) is 12.0. The molecule has 0 radical (unpaired) electrons. The molecule has 2 rings (SSSR count). The fraction of sp³-hybridized carbons (Fsp3) is 0.133. The van der Waals surface area contributed by atoms with Crippen molar-refractivity contribution >= 4 is 23.2 Å². The molecule has 0 spiro atoms. The lowest BCUT2D eigenvalue weighted by molar-refractivity contribution is -0.117. The van der Waals surface area contributed by atoms with Crippen molar-refractivity contribution in [2.75, 3.05) is 5.32 Å². The van der Waals surface area contributed by atoms with Crippen LogP contribution in [0.3, 0.4) is 0 Å². The first-order valence-electron chi connectivity index (χ1n) is 6.05. The Bertz CT molecular complexity index is 628. The Morgan fingerprint density at radius 3 is 2.55 bits per heavy atom. The zero-order valence-corrected chi connectivity index (χ0v) is 11.6. The van der Waals surface area contributed by atoms with Crippen LogP contribution in [-0.2, 0) is 4.79 Å². The van der Waals surface area contributed by atoms with E-state index in [9.17, 15) is 9.18 Å². The summed E-state index contributed by atoms with van der Waals surface area (Å²) in [6.45, 7) is 1.94. The summed E-state index contributed by atoms with van der Waals surface area (Å²) in [5, 5.41) is 2.78. The van der Waals surface area contributed by atoms with Gasteiger partial charge in [0.2, 0.25) is 5.91 Å². The van der Waals surface area contributed by atoms with Gasteiger partial charge in [-0.2, -0.15) is 0 Å². The first kappa shape index (κ1) is 14.5. The molecular formula is C15H14ClFN2O. The molecule has 0 aliphatic heterocycles. The van der Waals surface area contributed by atoms with Crippen molar-refractivity contribution in [1.82, 2.24) is 0 Å². The van der Waals surface area contributed by atoms with Crippen molar-refractivity contribution in [2.24, 2.45) is 5.73 Å². The lowest BCUT2D eigenvalue weighted by Gasteiger charge is -2.13. The monoisotopic (exact) mass is 292 g/mol. The number of nitrogens with two attached hydrogens (primary N) is 1. The molecule has 104 valence electrons. The third-order valence-corrected chi connectivity index (χ3v) is 3.14. The number of hydrogen-bond acceptors (Lipinski definition) is 2. The SMILES string of the molecule is Cc1ccc(C(N)C(=O)Nc2cc(Cl)ccc2F)cc1. The van der Waals surface area contributed by atoms with E-state index in [1.54, 1.807) is 12.1 Å². The van der Waals surface area contributed by atoms with E-state index in [0.717, 1.165) is 5.56 Å². The molecular weight excluding hydrogens is 279 g/mol. The molecule has 2 aromatic carbocycles. The van der Waals surface area contributed by atoms with E-state index in [2.05, 4.69) is 5.32 Å². The van der Waals surface area contributed by atoms with Gasteiger partial charge < -0.3 is 11.1 Å². The second-order valence-corrected chi connectivity index (χ2v) is 4.94. The van der Waals surface area contributed by atoms with Crippen LogP contribution in [0.2, 0.25) is 5.02 Å². The van der Waals surface area contributed by atoms with Crippen LogP contribution < -0.4 is 11.1 Å². The number of carbonyl (C=O) groups excluding carboxylic acids is 1. The number of amides is 1. The highest BCUT2D eigenvalue weighted by Gasteiger charge is 2.17. The number of hydrogen-bond donors (Lipinski definition) is 2. The average molecular weight is 293 g/mol. The van der Waals surface area contributed by atoms with Gasteiger partial charge in [-0.15, -0.1) is 0 Å². The van der Waals surface area contributed by atoms with Gasteiger partial charge >= 0.3 is 0 Å². The summed E-state index contributed by atoms with van der Waals surface area (Å²) in [6.07, 6.45) is 0. The third kappa shape index (κ3) is 3.35. The van der Waals surface area contributed by atoms with Crippen molar-refractivity contribution in [2.45, 2.75) is 13.0 Å². The van der Waals surface area contributed by atoms with E-state index < -0.39 is 17.8 Å². The van der Waals surface area contributed by atoms with Gasteiger partial charge in [-0.25, -0.2) is 4.39 Å². The Hall–Kier alpha value is -1.91. The molecule has 3 N–H and O–H groups in total. The number of carbonyl (C=O) groups is 1. The first-order valence-corrected chi connectivity index (χ1v) is 6.43. The summed E-state index contributed by atoms with van der Waals surface area (Å²) in [7, 11) is 0. The van der Waals surface area contributed by atoms with Crippen molar-refractivity contribution in [3.63, 3.8) is 0 Å². The molecule has 1 atom stereocenters. The molecule has 0 bridgehead atoms. The first-order chi connectivity index (χ1) is 9.47. The minimum Gasteiger partial charge on any atom is -0.322 e. The normalized spacial score (nSPS) is 12.0. The molecule has 1 amide bonds. The minimum absolute atomic E-state index is 0.0186. The Kier molecular flexibility index (Phi) is 4.37. The quantitative estimate of drug-likeness (QED) is 0.910. The van der Waals surface area contributed by atoms with Gasteiger partial charge in [0.05, 0.1) is 5.69 Å². The van der Waals surface area contributed by atoms with Crippen LogP contribution in [0.1, 0.15) is 17.2 Å². The van der Waals surface area contributed by atoms with Crippen LogP contribution in [0.4, 0.5) is 10.1 Å². The molecule has 0 heterocycles. The van der Waals surface area contributed by atoms with Gasteiger partial charge in [0.1, 0.15) is 11.9 Å². The van der Waals surface area contributed by atoms with Crippen LogP contribution in [0.25, 0.3) is 0 Å². The molecule has 0 aliphatic rings. The summed E-state index contributed by atoms with van der Waals surface area (Å²) in [6, 6.07) is 10.3. The predicted octanol–water partition coefficient (Wildman–Crippen LogP) is 3.43. The highest BCUT2D eigenvalue weighted by Crippen LogP contribution is 2.21. The lowest BCUT2D eigenvalue weighted by Crippen LogP contribution is -2.28. The van der Waals surface area contributed by atoms with Crippen molar-refractivity contribution in [1.29, 1.82) is 0 Å². The zero-order chi connectivity index (χ0) is 14.7. The molecule has 0 aromatic heterocycles. The lowest BCUT2D eigenvalue weighted by atomic mass is 10.1. The highest BCUT2D eigenvalue weighted by molar-refractivity contribution is 6.30. The highest BCUT2D eigenvalue weighted by atomic mass is 35.5. The summed E-state index contributed by atoms with van der Waals surface area (Å²) < 4.78 is 13.5. The van der Waals surface area contributed by atoms with Crippen LogP contribution in [0, 0.1) is 12.7 Å². The minimum atomic E-state index is -0.867. The molecule has 5 heteroatoms. The van der Waals surface area contributed by atoms with E-state index >= 15 is 0 Å². The van der Waals surface area contributed by atoms with Crippen LogP contribution in [0.5, 0.6) is 0 Å². The largest absolute Gasteiger partial charge is 0.322 e. The van der Waals surface area contributed by atoms with Crippen LogP contribution in [0.15, 0.2) is 42.5 Å². The maximum Gasteiger partial charge on any atom is 0.245 e. The molecule has 20 heavy (non-hydrogen) atoms. The van der Waals surface area contributed by atoms with E-state index in [4.69, 9.17) is 17.3 Å². The zero-order valence-electron chi connectivity index (χ0n) is 10.9. The van der Waals surface area contributed by atoms with Crippen LogP contribution >= 0.6 is 11.6 Å². The third-order valence-electron chi connectivity index (χ3n) is 2.91. The fourth-order valence-corrected chi connectivity index (χ4v) is 1.90. The number of rotatable bonds is 3. The summed E-state index contributed by atoms with van der Waals surface area (Å²) >= 11 is 5.77. The van der Waals surface area contributed by atoms with E-state index in [1.165, 1.54) is 18.2 Å². The second kappa shape index (κ2) is 6.03. The number of aryl methyl sites for hydroxylation is 1. The maximum atomic E-state index is 13.5. The average Bonchev–Trinajstić information content (AvgIpc) is 2.43. The van der Waals surface area contributed by atoms with E-state index in [1.807, 2.05) is 19.1 Å². The van der Waals surface area contributed by atoms with E-state index in [-0.39, 0.29) is 5.69 Å². The van der Waals surface area contributed by atoms with Gasteiger partial charge in [0.25, 0.3) is 0 Å². The molecule has 0 saturated heterocycles. The second-order valence-electron chi connectivity index (χ2n) is 4.50. The summed E-state index contributed by atoms with van der Waals surface area (Å²) in [5.74, 6) is -1.05. The van der Waals surface area contributed by atoms with Gasteiger partial charge in [0.15, 0.2) is 0 Å². The number of nitrogens with one attached hydrogen (secondary N) is 1. The summed E-state index contributed by atoms with van der Waals surface area (Å²) in [5.41, 5.74) is 7.61. The fourth-order valence-electron chi connectivity index (χ4n) is 1.73. The standard InChI is InChI=1S/C15H14ClFN2O/c1-9-2-4-10(5-3-9)14(18)15(20)19-13-8-11(16)6-7-12(13)17/h2-8,14H,18H2,1H3,(H,19,20). The number of anilines is 1. The molecule has 0 fully saturated rings. The predicted molar refractivity (Wildman–Crippen MR) is 78.1 cm³/mol. The van der Waals surface area contributed by atoms with Crippen molar-refractivity contribution in [3.8, 4) is 0 Å². The number of halogens is 2. The molecule has 0 saturated carbocycles. The van der Waals surface area contributed by atoms with Crippen molar-refractivity contribution < 1.29 is 9.18 Å². The van der Waals surface area contributed by atoms with Crippen LogP contribution in [-0.4, -0.2) is 5.91 Å². The topological polar surface area (TPSA) is 55.1 Å². The van der Waals surface area contributed by atoms with Gasteiger partial charge in [-0.3, -0.25) is 4.79 Å². The smallest absolute Gasteiger partial charge is 0.245 e. The number of benzene rings is 2. The molecule has 2 aromatic rings. The molecule has 0 aliphatic carbocycles. The maximum absolute atomic E-state index is 13.5.